The molecule has 128 valence electrons. The SMILES string of the molecule is COc1cc(Br)cc(C=C2SC(=Nc3ccccc3Cl)NC2=O)c1O. The highest BCUT2D eigenvalue weighted by atomic mass is 79.9. The molecular formula is C17H12BrClN2O3S. The predicted octanol–water partition coefficient (Wildman–Crippen LogP) is 4.71. The molecule has 2 N–H and O–H groups in total. The fourth-order valence-corrected chi connectivity index (χ4v) is 3.59. The summed E-state index contributed by atoms with van der Waals surface area (Å²) in [6, 6.07) is 10.4. The van der Waals surface area contributed by atoms with Gasteiger partial charge >= 0.3 is 0 Å². The van der Waals surface area contributed by atoms with E-state index < -0.39 is 0 Å². The third-order valence-electron chi connectivity index (χ3n) is 3.30. The van der Waals surface area contributed by atoms with E-state index in [1.165, 1.54) is 18.9 Å². The molecule has 1 aliphatic heterocycles. The van der Waals surface area contributed by atoms with Gasteiger partial charge in [-0.2, -0.15) is 0 Å². The van der Waals surface area contributed by atoms with Crippen molar-refractivity contribution in [1.82, 2.24) is 5.32 Å². The Morgan fingerprint density at radius 1 is 1.36 bits per heavy atom. The molecule has 25 heavy (non-hydrogen) atoms. The number of hydrogen-bond donors (Lipinski definition) is 2. The number of aliphatic imine (C=N–C) groups is 1. The minimum atomic E-state index is -0.297. The number of phenols is 1. The van der Waals surface area contributed by atoms with Gasteiger partial charge in [-0.3, -0.25) is 4.79 Å². The molecule has 1 aliphatic rings. The van der Waals surface area contributed by atoms with E-state index in [1.807, 2.05) is 6.07 Å². The van der Waals surface area contributed by atoms with Crippen molar-refractivity contribution in [2.45, 2.75) is 0 Å². The van der Waals surface area contributed by atoms with Crippen LogP contribution in [0.25, 0.3) is 6.08 Å². The van der Waals surface area contributed by atoms with Crippen LogP contribution in [0.5, 0.6) is 11.5 Å². The molecule has 1 fully saturated rings. The zero-order chi connectivity index (χ0) is 18.0. The van der Waals surface area contributed by atoms with Crippen LogP contribution in [0, 0.1) is 0 Å². The monoisotopic (exact) mass is 438 g/mol. The Bertz CT molecular complexity index is 915. The molecule has 0 atom stereocenters. The Kier molecular flexibility index (Phi) is 5.36. The summed E-state index contributed by atoms with van der Waals surface area (Å²) >= 11 is 10.6. The van der Waals surface area contributed by atoms with Gasteiger partial charge in [0.15, 0.2) is 16.7 Å². The summed E-state index contributed by atoms with van der Waals surface area (Å²) in [6.07, 6.45) is 1.58. The maximum atomic E-state index is 12.2. The fraction of sp³-hybridized carbons (Fsp3) is 0.0588. The molecule has 5 nitrogen and oxygen atoms in total. The lowest BCUT2D eigenvalue weighted by Gasteiger charge is -2.07. The number of methoxy groups -OCH3 is 1. The summed E-state index contributed by atoms with van der Waals surface area (Å²) in [4.78, 5) is 16.9. The van der Waals surface area contributed by atoms with Gasteiger partial charge in [0.2, 0.25) is 0 Å². The summed E-state index contributed by atoms with van der Waals surface area (Å²) in [5.74, 6) is -0.0215. The average molecular weight is 440 g/mol. The number of halogens is 2. The molecule has 0 spiro atoms. The average Bonchev–Trinajstić information content (AvgIpc) is 2.92. The van der Waals surface area contributed by atoms with Crippen LogP contribution in [0.3, 0.4) is 0 Å². The van der Waals surface area contributed by atoms with Crippen LogP contribution in [0.2, 0.25) is 5.02 Å². The number of carbonyl (C=O) groups excluding carboxylic acids is 1. The van der Waals surface area contributed by atoms with Crippen molar-refractivity contribution in [2.24, 2.45) is 4.99 Å². The first kappa shape index (κ1) is 17.8. The van der Waals surface area contributed by atoms with E-state index in [-0.39, 0.29) is 11.7 Å². The zero-order valence-electron chi connectivity index (χ0n) is 12.9. The van der Waals surface area contributed by atoms with Crippen LogP contribution in [0.4, 0.5) is 5.69 Å². The predicted molar refractivity (Wildman–Crippen MR) is 105 cm³/mol. The van der Waals surface area contributed by atoms with E-state index in [0.717, 1.165) is 4.47 Å². The number of phenolic OH excluding ortho intramolecular Hbond substituents is 1. The molecular weight excluding hydrogens is 428 g/mol. The maximum Gasteiger partial charge on any atom is 0.264 e. The number of amidine groups is 1. The smallest absolute Gasteiger partial charge is 0.264 e. The molecule has 3 rings (SSSR count). The normalized spacial score (nSPS) is 17.2. The standard InChI is InChI=1S/C17H12BrClN2O3S/c1-24-13-8-10(18)6-9(15(13)22)7-14-16(23)21-17(25-14)20-12-5-3-2-4-11(12)19/h2-8,22H,1H3,(H,20,21,23). The number of nitrogens with zero attached hydrogens (tertiary/aromatic N) is 1. The van der Waals surface area contributed by atoms with Crippen LogP contribution in [-0.4, -0.2) is 23.3 Å². The van der Waals surface area contributed by atoms with Gasteiger partial charge < -0.3 is 15.2 Å². The van der Waals surface area contributed by atoms with Crippen molar-refractivity contribution < 1.29 is 14.6 Å². The molecule has 8 heteroatoms. The quantitative estimate of drug-likeness (QED) is 0.680. The van der Waals surface area contributed by atoms with E-state index in [9.17, 15) is 9.90 Å². The Balaban J connectivity index is 1.93. The van der Waals surface area contributed by atoms with Crippen LogP contribution in [0.15, 0.2) is 50.8 Å². The summed E-state index contributed by atoms with van der Waals surface area (Å²) in [5, 5.41) is 13.8. The largest absolute Gasteiger partial charge is 0.504 e. The molecule has 0 bridgehead atoms. The molecule has 0 saturated carbocycles. The zero-order valence-corrected chi connectivity index (χ0v) is 16.1. The van der Waals surface area contributed by atoms with Gasteiger partial charge in [0.05, 0.1) is 22.7 Å². The number of benzene rings is 2. The van der Waals surface area contributed by atoms with Crippen LogP contribution in [0.1, 0.15) is 5.56 Å². The fourth-order valence-electron chi connectivity index (χ4n) is 2.13. The third kappa shape index (κ3) is 4.00. The Morgan fingerprint density at radius 2 is 2.12 bits per heavy atom. The molecule has 0 unspecified atom stereocenters. The maximum absolute atomic E-state index is 12.2. The Hall–Kier alpha value is -1.96. The van der Waals surface area contributed by atoms with Crippen LogP contribution < -0.4 is 10.1 Å². The molecule has 0 radical (unpaired) electrons. The van der Waals surface area contributed by atoms with Gasteiger partial charge in [-0.05, 0) is 42.1 Å². The van der Waals surface area contributed by atoms with E-state index >= 15 is 0 Å². The molecule has 2 aromatic rings. The highest BCUT2D eigenvalue weighted by molar-refractivity contribution is 9.10. The van der Waals surface area contributed by atoms with Gasteiger partial charge in [-0.25, -0.2) is 4.99 Å². The van der Waals surface area contributed by atoms with Gasteiger partial charge in [-0.1, -0.05) is 39.7 Å². The van der Waals surface area contributed by atoms with Crippen LogP contribution in [-0.2, 0) is 4.79 Å². The third-order valence-corrected chi connectivity index (χ3v) is 4.99. The lowest BCUT2D eigenvalue weighted by atomic mass is 10.1. The molecule has 1 amide bonds. The lowest BCUT2D eigenvalue weighted by molar-refractivity contribution is -0.115. The van der Waals surface area contributed by atoms with Crippen molar-refractivity contribution >= 4 is 62.1 Å². The highest BCUT2D eigenvalue weighted by Gasteiger charge is 2.25. The minimum absolute atomic E-state index is 0.0388. The second-order valence-electron chi connectivity index (χ2n) is 4.98. The summed E-state index contributed by atoms with van der Waals surface area (Å²) in [6.45, 7) is 0. The van der Waals surface area contributed by atoms with Crippen molar-refractivity contribution in [3.8, 4) is 11.5 Å². The second-order valence-corrected chi connectivity index (χ2v) is 7.33. The Labute approximate surface area is 161 Å². The minimum Gasteiger partial charge on any atom is -0.504 e. The molecule has 0 aliphatic carbocycles. The first-order valence-corrected chi connectivity index (χ1v) is 9.07. The first-order valence-electron chi connectivity index (χ1n) is 7.08. The van der Waals surface area contributed by atoms with E-state index in [0.29, 0.717) is 32.1 Å². The van der Waals surface area contributed by atoms with Gasteiger partial charge in [0.25, 0.3) is 5.91 Å². The number of carbonyl (C=O) groups is 1. The first-order chi connectivity index (χ1) is 12.0. The molecule has 2 aromatic carbocycles. The van der Waals surface area contributed by atoms with Crippen molar-refractivity contribution in [3.63, 3.8) is 0 Å². The van der Waals surface area contributed by atoms with E-state index in [1.54, 1.807) is 36.4 Å². The molecule has 1 saturated heterocycles. The number of thioether (sulfide) groups is 1. The van der Waals surface area contributed by atoms with Gasteiger partial charge in [-0.15, -0.1) is 0 Å². The Morgan fingerprint density at radius 3 is 2.84 bits per heavy atom. The van der Waals surface area contributed by atoms with Crippen LogP contribution >= 0.6 is 39.3 Å². The number of ether oxygens (including phenoxy) is 1. The second kappa shape index (κ2) is 7.51. The summed E-state index contributed by atoms with van der Waals surface area (Å²) in [7, 11) is 1.46. The number of amides is 1. The van der Waals surface area contributed by atoms with Crippen molar-refractivity contribution in [1.29, 1.82) is 0 Å². The number of para-hydroxylation sites is 1. The van der Waals surface area contributed by atoms with Gasteiger partial charge in [0, 0.05) is 10.0 Å². The molecule has 0 aromatic heterocycles. The number of nitrogens with one attached hydrogen (secondary N) is 1. The summed E-state index contributed by atoms with van der Waals surface area (Å²) < 4.78 is 5.84. The van der Waals surface area contributed by atoms with E-state index in [2.05, 4.69) is 26.2 Å². The van der Waals surface area contributed by atoms with Crippen molar-refractivity contribution in [2.75, 3.05) is 7.11 Å². The highest BCUT2D eigenvalue weighted by Crippen LogP contribution is 2.37. The van der Waals surface area contributed by atoms with E-state index in [4.69, 9.17) is 16.3 Å². The summed E-state index contributed by atoms with van der Waals surface area (Å²) in [5.41, 5.74) is 1.03. The number of rotatable bonds is 3. The number of hydrogen-bond acceptors (Lipinski definition) is 5. The van der Waals surface area contributed by atoms with Gasteiger partial charge in [0.1, 0.15) is 0 Å². The lowest BCUT2D eigenvalue weighted by Crippen LogP contribution is -2.19. The van der Waals surface area contributed by atoms with Crippen molar-refractivity contribution in [3.05, 3.63) is 56.4 Å². The topological polar surface area (TPSA) is 70.9 Å². The number of aromatic hydroxyl groups is 1. The molecule has 1 heterocycles.